The molecule has 2 aromatic carbocycles. The third-order valence-corrected chi connectivity index (χ3v) is 7.03. The van der Waals surface area contributed by atoms with Crippen LogP contribution in [0.25, 0.3) is 21.7 Å². The number of benzene rings is 2. The molecule has 33 heavy (non-hydrogen) atoms. The number of amides is 1. The van der Waals surface area contributed by atoms with Crippen molar-refractivity contribution in [2.45, 2.75) is 26.2 Å². The molecule has 0 aliphatic heterocycles. The van der Waals surface area contributed by atoms with Crippen LogP contribution in [0.4, 0.5) is 14.5 Å². The van der Waals surface area contributed by atoms with Gasteiger partial charge in [-0.25, -0.2) is 9.37 Å². The van der Waals surface area contributed by atoms with Crippen LogP contribution < -0.4 is 5.32 Å². The van der Waals surface area contributed by atoms with Crippen LogP contribution >= 0.6 is 22.7 Å². The van der Waals surface area contributed by atoms with Gasteiger partial charge in [-0.1, -0.05) is 85.9 Å². The Morgan fingerprint density at radius 2 is 1.73 bits per heavy atom. The molecule has 0 saturated heterocycles. The summed E-state index contributed by atoms with van der Waals surface area (Å²) in [6.07, 6.45) is 0. The van der Waals surface area contributed by atoms with Gasteiger partial charge in [0.2, 0.25) is 0 Å². The summed E-state index contributed by atoms with van der Waals surface area (Å²) in [6, 6.07) is 17.0. The predicted molar refractivity (Wildman–Crippen MR) is 131 cm³/mol. The maximum absolute atomic E-state index is 14.6. The lowest BCUT2D eigenvalue weighted by Crippen LogP contribution is -2.10. The fourth-order valence-electron chi connectivity index (χ4n) is 3.23. The molecule has 0 spiro atoms. The van der Waals surface area contributed by atoms with E-state index in [0.29, 0.717) is 16.1 Å². The summed E-state index contributed by atoms with van der Waals surface area (Å²) in [7, 11) is 0. The van der Waals surface area contributed by atoms with Gasteiger partial charge in [0.25, 0.3) is 5.91 Å². The van der Waals surface area contributed by atoms with E-state index in [2.05, 4.69) is 31.1 Å². The molecule has 0 radical (unpaired) electrons. The Balaban J connectivity index is 1.73. The highest BCUT2D eigenvalue weighted by Gasteiger charge is 2.21. The number of rotatable bonds is 5. The zero-order valence-corrected chi connectivity index (χ0v) is 19.7. The number of thiophene rings is 1. The van der Waals surface area contributed by atoms with Crippen LogP contribution in [0.5, 0.6) is 0 Å². The summed E-state index contributed by atoms with van der Waals surface area (Å²) in [6.45, 7) is 6.37. The molecule has 0 saturated carbocycles. The highest BCUT2D eigenvalue weighted by atomic mass is 32.1. The number of carbonyl (C=O) groups excluding carboxylic acids is 1. The summed E-state index contributed by atoms with van der Waals surface area (Å²) in [5, 5.41) is 13.8. The van der Waals surface area contributed by atoms with E-state index in [1.807, 2.05) is 24.3 Å². The van der Waals surface area contributed by atoms with E-state index in [-0.39, 0.29) is 26.2 Å². The lowest BCUT2D eigenvalue weighted by Gasteiger charge is -2.19. The average molecular weight is 482 g/mol. The number of hydrogen-bond donors (Lipinski definition) is 1. The molecule has 0 aliphatic rings. The molecule has 168 valence electrons. The maximum atomic E-state index is 14.6. The minimum Gasteiger partial charge on any atom is -0.297 e. The second-order valence-corrected chi connectivity index (χ2v) is 10.4. The van der Waals surface area contributed by atoms with Crippen molar-refractivity contribution >= 4 is 38.7 Å². The van der Waals surface area contributed by atoms with E-state index in [1.54, 1.807) is 18.2 Å². The topological polar surface area (TPSA) is 85.1 Å². The number of aromatic nitrogens is 1. The number of nitrogens with zero attached hydrogens (tertiary/aromatic N) is 2. The van der Waals surface area contributed by atoms with Gasteiger partial charge in [0, 0.05) is 17.2 Å². The lowest BCUT2D eigenvalue weighted by molar-refractivity contribution is -0.380. The molecule has 1 amide bonds. The summed E-state index contributed by atoms with van der Waals surface area (Å²) in [5.41, 5.74) is 2.87. The van der Waals surface area contributed by atoms with Gasteiger partial charge < -0.3 is 0 Å². The van der Waals surface area contributed by atoms with Crippen molar-refractivity contribution in [3.63, 3.8) is 0 Å². The monoisotopic (exact) mass is 481 g/mol. The van der Waals surface area contributed by atoms with Gasteiger partial charge in [0.15, 0.2) is 5.13 Å². The van der Waals surface area contributed by atoms with Gasteiger partial charge >= 0.3 is 5.00 Å². The number of nitro groups is 1. The largest absolute Gasteiger partial charge is 0.324 e. The molecule has 0 unspecified atom stereocenters. The smallest absolute Gasteiger partial charge is 0.297 e. The van der Waals surface area contributed by atoms with Crippen LogP contribution in [0.2, 0.25) is 0 Å². The van der Waals surface area contributed by atoms with Crippen LogP contribution in [-0.4, -0.2) is 15.8 Å². The summed E-state index contributed by atoms with van der Waals surface area (Å²) >= 11 is 1.94. The molecule has 9 heteroatoms. The Morgan fingerprint density at radius 3 is 2.33 bits per heavy atom. The molecular formula is C24H20FN3O3S2. The minimum absolute atomic E-state index is 0.0164. The highest BCUT2D eigenvalue weighted by molar-refractivity contribution is 7.20. The van der Waals surface area contributed by atoms with Gasteiger partial charge in [-0.05, 0) is 23.1 Å². The SMILES string of the molecule is CC(C)(C)c1ccc(-c2nc(NC(=O)c3ccc([N+](=O)[O-])s3)sc2-c2ccccc2F)cc1. The van der Waals surface area contributed by atoms with Crippen molar-refractivity contribution in [3.05, 3.63) is 87.0 Å². The molecule has 2 heterocycles. The molecule has 2 aromatic heterocycles. The Kier molecular flexibility index (Phi) is 6.09. The second kappa shape index (κ2) is 8.84. The zero-order chi connectivity index (χ0) is 23.8. The average Bonchev–Trinajstić information content (AvgIpc) is 3.41. The summed E-state index contributed by atoms with van der Waals surface area (Å²) < 4.78 is 14.6. The normalized spacial score (nSPS) is 11.4. The van der Waals surface area contributed by atoms with E-state index in [1.165, 1.54) is 18.2 Å². The van der Waals surface area contributed by atoms with Crippen molar-refractivity contribution in [2.75, 3.05) is 5.32 Å². The van der Waals surface area contributed by atoms with Crippen LogP contribution in [0.3, 0.4) is 0 Å². The number of thiazole rings is 1. The number of nitrogens with one attached hydrogen (secondary N) is 1. The van der Waals surface area contributed by atoms with E-state index >= 15 is 0 Å². The molecule has 0 fully saturated rings. The summed E-state index contributed by atoms with van der Waals surface area (Å²) in [5.74, 6) is -0.892. The highest BCUT2D eigenvalue weighted by Crippen LogP contribution is 2.41. The Labute approximate surface area is 197 Å². The van der Waals surface area contributed by atoms with Gasteiger partial charge in [0.05, 0.1) is 20.4 Å². The van der Waals surface area contributed by atoms with E-state index < -0.39 is 10.8 Å². The van der Waals surface area contributed by atoms with Crippen molar-refractivity contribution in [2.24, 2.45) is 0 Å². The first kappa shape index (κ1) is 22.8. The molecule has 4 aromatic rings. The maximum Gasteiger partial charge on any atom is 0.324 e. The number of halogens is 1. The molecule has 6 nitrogen and oxygen atoms in total. The van der Waals surface area contributed by atoms with Crippen molar-refractivity contribution in [1.82, 2.24) is 4.98 Å². The van der Waals surface area contributed by atoms with Crippen molar-refractivity contribution in [3.8, 4) is 21.7 Å². The zero-order valence-electron chi connectivity index (χ0n) is 18.1. The Bertz CT molecular complexity index is 1340. The van der Waals surface area contributed by atoms with Crippen LogP contribution in [0.1, 0.15) is 36.0 Å². The molecule has 0 atom stereocenters. The molecule has 0 bridgehead atoms. The molecular weight excluding hydrogens is 461 g/mol. The summed E-state index contributed by atoms with van der Waals surface area (Å²) in [4.78, 5) is 28.4. The van der Waals surface area contributed by atoms with Gasteiger partial charge in [-0.3, -0.25) is 20.2 Å². The van der Waals surface area contributed by atoms with Crippen molar-refractivity contribution < 1.29 is 14.1 Å². The number of anilines is 1. The quantitative estimate of drug-likeness (QED) is 0.243. The van der Waals surface area contributed by atoms with Crippen molar-refractivity contribution in [1.29, 1.82) is 0 Å². The van der Waals surface area contributed by atoms with Gasteiger partial charge in [0.1, 0.15) is 5.82 Å². The number of hydrogen-bond acceptors (Lipinski definition) is 6. The predicted octanol–water partition coefficient (Wildman–Crippen LogP) is 7.14. The second-order valence-electron chi connectivity index (χ2n) is 8.35. The standard InChI is InChI=1S/C24H20FN3O3S2/c1-24(2,3)15-10-8-14(9-11-15)20-21(16-6-4-5-7-17(16)25)33-23(26-20)27-22(29)18-12-13-19(32-18)28(30)31/h4-13H,1-3H3,(H,26,27,29). The lowest BCUT2D eigenvalue weighted by atomic mass is 9.86. The molecule has 0 aliphatic carbocycles. The van der Waals surface area contributed by atoms with E-state index in [4.69, 9.17) is 0 Å². The minimum atomic E-state index is -0.541. The van der Waals surface area contributed by atoms with Gasteiger partial charge in [-0.2, -0.15) is 0 Å². The third kappa shape index (κ3) is 4.84. The third-order valence-electron chi connectivity index (χ3n) is 4.99. The molecule has 4 rings (SSSR count). The van der Waals surface area contributed by atoms with Crippen LogP contribution in [0, 0.1) is 15.9 Å². The Hall–Kier alpha value is -3.43. The fourth-order valence-corrected chi connectivity index (χ4v) is 4.96. The van der Waals surface area contributed by atoms with Crippen LogP contribution in [-0.2, 0) is 5.41 Å². The Morgan fingerprint density at radius 1 is 1.03 bits per heavy atom. The first-order valence-corrected chi connectivity index (χ1v) is 11.7. The molecule has 1 N–H and O–H groups in total. The first-order valence-electron chi connectivity index (χ1n) is 10.1. The van der Waals surface area contributed by atoms with E-state index in [9.17, 15) is 19.3 Å². The number of carbonyl (C=O) groups is 1. The fraction of sp³-hybridized carbons (Fsp3) is 0.167. The van der Waals surface area contributed by atoms with Crippen LogP contribution in [0.15, 0.2) is 60.7 Å². The van der Waals surface area contributed by atoms with E-state index in [0.717, 1.165) is 33.8 Å². The first-order chi connectivity index (χ1) is 15.6. The van der Waals surface area contributed by atoms with Gasteiger partial charge in [-0.15, -0.1) is 0 Å².